The van der Waals surface area contributed by atoms with Crippen LogP contribution in [0.3, 0.4) is 0 Å². The molecule has 10 rings (SSSR count). The van der Waals surface area contributed by atoms with E-state index < -0.39 is 0 Å². The molecule has 0 saturated heterocycles. The lowest BCUT2D eigenvalue weighted by Gasteiger charge is -2.19. The second kappa shape index (κ2) is 10.7. The molecule has 0 N–H and O–H groups in total. The van der Waals surface area contributed by atoms with Gasteiger partial charge in [-0.1, -0.05) is 170 Å². The smallest absolute Gasteiger partial charge is 0.00201 e. The Morgan fingerprint density at radius 1 is 0.208 bits per heavy atom. The van der Waals surface area contributed by atoms with Crippen molar-refractivity contribution in [3.63, 3.8) is 0 Å². The van der Waals surface area contributed by atoms with Crippen molar-refractivity contribution in [2.75, 3.05) is 0 Å². The van der Waals surface area contributed by atoms with E-state index in [9.17, 15) is 0 Å². The number of benzene rings is 10. The van der Waals surface area contributed by atoms with E-state index >= 15 is 0 Å². The fourth-order valence-corrected chi connectivity index (χ4v) is 8.03. The number of fused-ring (bicyclic) bond motifs is 7. The topological polar surface area (TPSA) is 0 Å². The normalized spacial score (nSPS) is 11.8. The lowest BCUT2D eigenvalue weighted by molar-refractivity contribution is 1.67. The van der Waals surface area contributed by atoms with Crippen LogP contribution in [0.15, 0.2) is 182 Å². The molecule has 0 fully saturated rings. The summed E-state index contributed by atoms with van der Waals surface area (Å²) in [5.74, 6) is 0. The minimum absolute atomic E-state index is 1.24. The molecule has 10 aromatic rings. The molecule has 0 unspecified atom stereocenters. The van der Waals surface area contributed by atoms with E-state index in [0.717, 1.165) is 0 Å². The van der Waals surface area contributed by atoms with Gasteiger partial charge in [0.2, 0.25) is 0 Å². The Kier molecular flexibility index (Phi) is 5.98. The molecule has 0 aromatic heterocycles. The third-order valence-corrected chi connectivity index (χ3v) is 10.2. The summed E-state index contributed by atoms with van der Waals surface area (Å²) in [6.07, 6.45) is 0. The van der Waals surface area contributed by atoms with Crippen LogP contribution in [0.2, 0.25) is 0 Å². The average Bonchev–Trinajstić information content (AvgIpc) is 3.16. The van der Waals surface area contributed by atoms with Gasteiger partial charge in [0, 0.05) is 0 Å². The highest BCUT2D eigenvalue weighted by Crippen LogP contribution is 2.46. The molecule has 0 heteroatoms. The van der Waals surface area contributed by atoms with E-state index in [1.165, 1.54) is 98.0 Å². The first-order chi connectivity index (χ1) is 23.8. The molecule has 222 valence electrons. The molecular formula is C48H30. The highest BCUT2D eigenvalue weighted by Gasteiger charge is 2.18. The Morgan fingerprint density at radius 2 is 0.667 bits per heavy atom. The number of rotatable bonds is 3. The van der Waals surface area contributed by atoms with Gasteiger partial charge in [-0.2, -0.15) is 0 Å². The van der Waals surface area contributed by atoms with Gasteiger partial charge in [0.25, 0.3) is 0 Å². The van der Waals surface area contributed by atoms with E-state index in [-0.39, 0.29) is 0 Å². The standard InChI is InChI=1S/C48H30/c1-3-14-37-31(11-1)13-9-20-39(37)35-25-23-34-30-36(26-24-33(34)29-35)47-43-16-5-7-18-45(43)48(46-19-8-6-17-44(46)47)42-22-10-21-40-38-15-4-2-12-32(38)27-28-41(40)42/h1-30H. The lowest BCUT2D eigenvalue weighted by atomic mass is 9.84. The summed E-state index contributed by atoms with van der Waals surface area (Å²) in [5, 5.41) is 15.3. The molecule has 0 bridgehead atoms. The van der Waals surface area contributed by atoms with Crippen molar-refractivity contribution in [1.29, 1.82) is 0 Å². The highest BCUT2D eigenvalue weighted by molar-refractivity contribution is 6.25. The van der Waals surface area contributed by atoms with Crippen molar-refractivity contribution in [3.05, 3.63) is 182 Å². The molecule has 0 amide bonds. The van der Waals surface area contributed by atoms with Crippen molar-refractivity contribution < 1.29 is 0 Å². The van der Waals surface area contributed by atoms with E-state index in [1.807, 2.05) is 0 Å². The van der Waals surface area contributed by atoms with Gasteiger partial charge in [-0.3, -0.25) is 0 Å². The van der Waals surface area contributed by atoms with E-state index in [4.69, 9.17) is 0 Å². The molecule has 48 heavy (non-hydrogen) atoms. The molecule has 0 spiro atoms. The van der Waals surface area contributed by atoms with Gasteiger partial charge in [-0.25, -0.2) is 0 Å². The van der Waals surface area contributed by atoms with Crippen molar-refractivity contribution >= 4 is 64.6 Å². The first-order valence-electron chi connectivity index (χ1n) is 16.7. The third-order valence-electron chi connectivity index (χ3n) is 10.2. The van der Waals surface area contributed by atoms with Crippen LogP contribution in [0.5, 0.6) is 0 Å². The molecule has 0 radical (unpaired) electrons. The Labute approximate surface area is 279 Å². The maximum atomic E-state index is 2.38. The number of hydrogen-bond acceptors (Lipinski definition) is 0. The molecule has 0 aliphatic rings. The number of hydrogen-bond donors (Lipinski definition) is 0. The van der Waals surface area contributed by atoms with Crippen LogP contribution in [-0.2, 0) is 0 Å². The Balaban J connectivity index is 1.20. The van der Waals surface area contributed by atoms with Crippen LogP contribution in [0.25, 0.3) is 98.0 Å². The van der Waals surface area contributed by atoms with Gasteiger partial charge < -0.3 is 0 Å². The first kappa shape index (κ1) is 26.9. The third kappa shape index (κ3) is 4.10. The van der Waals surface area contributed by atoms with Gasteiger partial charge in [-0.05, 0) is 110 Å². The fraction of sp³-hybridized carbons (Fsp3) is 0. The summed E-state index contributed by atoms with van der Waals surface area (Å²) >= 11 is 0. The highest BCUT2D eigenvalue weighted by atomic mass is 14.2. The summed E-state index contributed by atoms with van der Waals surface area (Å²) < 4.78 is 0. The average molecular weight is 607 g/mol. The summed E-state index contributed by atoms with van der Waals surface area (Å²) in [4.78, 5) is 0. The summed E-state index contributed by atoms with van der Waals surface area (Å²) in [7, 11) is 0. The van der Waals surface area contributed by atoms with E-state index in [2.05, 4.69) is 182 Å². The largest absolute Gasteiger partial charge is 0.0616 e. The molecule has 0 saturated carbocycles. The van der Waals surface area contributed by atoms with Gasteiger partial charge in [0.15, 0.2) is 0 Å². The molecule has 0 atom stereocenters. The fourth-order valence-electron chi connectivity index (χ4n) is 8.03. The zero-order chi connectivity index (χ0) is 31.6. The second-order valence-corrected chi connectivity index (χ2v) is 12.8. The zero-order valence-corrected chi connectivity index (χ0v) is 26.3. The van der Waals surface area contributed by atoms with Gasteiger partial charge >= 0.3 is 0 Å². The maximum absolute atomic E-state index is 2.38. The summed E-state index contributed by atoms with van der Waals surface area (Å²) in [6.45, 7) is 0. The lowest BCUT2D eigenvalue weighted by Crippen LogP contribution is -1.92. The van der Waals surface area contributed by atoms with Crippen molar-refractivity contribution in [1.82, 2.24) is 0 Å². The quantitative estimate of drug-likeness (QED) is 0.139. The van der Waals surface area contributed by atoms with Gasteiger partial charge in [0.05, 0.1) is 0 Å². The minimum atomic E-state index is 1.24. The second-order valence-electron chi connectivity index (χ2n) is 12.8. The zero-order valence-electron chi connectivity index (χ0n) is 26.3. The van der Waals surface area contributed by atoms with Gasteiger partial charge in [-0.15, -0.1) is 0 Å². The van der Waals surface area contributed by atoms with Crippen LogP contribution < -0.4 is 0 Å². The van der Waals surface area contributed by atoms with Crippen LogP contribution in [0.1, 0.15) is 0 Å². The molecule has 0 aliphatic carbocycles. The molecule has 0 aliphatic heterocycles. The van der Waals surface area contributed by atoms with Crippen LogP contribution in [0, 0.1) is 0 Å². The SMILES string of the molecule is c1ccc2c(-c3ccc4cc(-c5c6ccccc6c(-c6cccc7c6ccc6ccccc67)c6ccccc56)ccc4c3)cccc2c1. The molecule has 0 heterocycles. The van der Waals surface area contributed by atoms with Crippen LogP contribution >= 0.6 is 0 Å². The van der Waals surface area contributed by atoms with Gasteiger partial charge in [0.1, 0.15) is 0 Å². The summed E-state index contributed by atoms with van der Waals surface area (Å²) in [5.41, 5.74) is 7.62. The van der Waals surface area contributed by atoms with Crippen molar-refractivity contribution in [3.8, 4) is 33.4 Å². The molecule has 10 aromatic carbocycles. The van der Waals surface area contributed by atoms with Crippen LogP contribution in [-0.4, -0.2) is 0 Å². The molecular weight excluding hydrogens is 577 g/mol. The molecule has 0 nitrogen and oxygen atoms in total. The van der Waals surface area contributed by atoms with Crippen molar-refractivity contribution in [2.45, 2.75) is 0 Å². The first-order valence-corrected chi connectivity index (χ1v) is 16.7. The Hall–Kier alpha value is -6.24. The van der Waals surface area contributed by atoms with E-state index in [0.29, 0.717) is 0 Å². The van der Waals surface area contributed by atoms with Crippen molar-refractivity contribution in [2.24, 2.45) is 0 Å². The predicted molar refractivity (Wildman–Crippen MR) is 208 cm³/mol. The van der Waals surface area contributed by atoms with E-state index in [1.54, 1.807) is 0 Å². The monoisotopic (exact) mass is 606 g/mol. The Morgan fingerprint density at radius 3 is 1.38 bits per heavy atom. The predicted octanol–water partition coefficient (Wildman–Crippen LogP) is 13.6. The Bertz CT molecular complexity index is 2830. The van der Waals surface area contributed by atoms with Crippen LogP contribution in [0.4, 0.5) is 0 Å². The maximum Gasteiger partial charge on any atom is -0.00201 e. The minimum Gasteiger partial charge on any atom is -0.0616 e. The summed E-state index contributed by atoms with van der Waals surface area (Å²) in [6, 6.07) is 67.1.